The highest BCUT2D eigenvalue weighted by molar-refractivity contribution is 9.09. The van der Waals surface area contributed by atoms with Crippen molar-refractivity contribution in [2.24, 2.45) is 0 Å². The van der Waals surface area contributed by atoms with Crippen LogP contribution in [0.25, 0.3) is 0 Å². The van der Waals surface area contributed by atoms with E-state index in [1.165, 1.54) is 0 Å². The number of halogens is 1. The van der Waals surface area contributed by atoms with Crippen molar-refractivity contribution in [3.05, 3.63) is 24.3 Å². The van der Waals surface area contributed by atoms with Crippen molar-refractivity contribution in [1.82, 2.24) is 5.32 Å². The quantitative estimate of drug-likeness (QED) is 0.554. The van der Waals surface area contributed by atoms with Gasteiger partial charge >= 0.3 is 0 Å². The van der Waals surface area contributed by atoms with Gasteiger partial charge in [0.25, 0.3) is 0 Å². The normalized spacial score (nSPS) is 11.4. The molecular weight excluding hydrogens is 306 g/mol. The molecule has 19 heavy (non-hydrogen) atoms. The lowest BCUT2D eigenvalue weighted by atomic mass is 10.0. The smallest absolute Gasteiger partial charge is 0.161 e. The Morgan fingerprint density at radius 3 is 2.37 bits per heavy atom. The molecule has 0 aromatic heterocycles. The molecule has 0 bridgehead atoms. The van der Waals surface area contributed by atoms with Crippen LogP contribution in [-0.4, -0.2) is 30.6 Å². The molecule has 0 aliphatic heterocycles. The molecule has 0 aliphatic carbocycles. The first-order valence-electron chi connectivity index (χ1n) is 6.74. The van der Waals surface area contributed by atoms with Crippen LogP contribution in [0.2, 0.25) is 0 Å². The van der Waals surface area contributed by atoms with Crippen LogP contribution in [0.3, 0.4) is 0 Å². The maximum absolute atomic E-state index is 5.76. The lowest BCUT2D eigenvalue weighted by Crippen LogP contribution is -2.41. The van der Waals surface area contributed by atoms with Crippen LogP contribution in [0, 0.1) is 0 Å². The highest BCUT2D eigenvalue weighted by Crippen LogP contribution is 2.26. The van der Waals surface area contributed by atoms with E-state index in [-0.39, 0.29) is 5.54 Å². The molecular formula is C15H24BrNO2. The van der Waals surface area contributed by atoms with Crippen molar-refractivity contribution in [2.45, 2.75) is 32.7 Å². The van der Waals surface area contributed by atoms with Crippen molar-refractivity contribution in [3.8, 4) is 11.5 Å². The van der Waals surface area contributed by atoms with Crippen molar-refractivity contribution in [2.75, 3.05) is 25.1 Å². The molecule has 1 aromatic carbocycles. The number of alkyl halides is 1. The van der Waals surface area contributed by atoms with E-state index in [9.17, 15) is 0 Å². The standard InChI is InChI=1S/C15H24BrNO2/c1-4-18-13-7-5-6-8-14(13)19-12-11-17-15(2,3)9-10-16/h5-8,17H,4,9-12H2,1-3H3. The molecule has 0 unspecified atom stereocenters. The van der Waals surface area contributed by atoms with Crippen molar-refractivity contribution < 1.29 is 9.47 Å². The van der Waals surface area contributed by atoms with E-state index < -0.39 is 0 Å². The van der Waals surface area contributed by atoms with Gasteiger partial charge in [-0.3, -0.25) is 0 Å². The Bertz CT molecular complexity index is 369. The average molecular weight is 330 g/mol. The van der Waals surface area contributed by atoms with E-state index in [2.05, 4.69) is 35.1 Å². The molecule has 1 aromatic rings. The highest BCUT2D eigenvalue weighted by Gasteiger charge is 2.15. The minimum absolute atomic E-state index is 0.131. The molecule has 108 valence electrons. The fourth-order valence-corrected chi connectivity index (χ4v) is 2.71. The summed E-state index contributed by atoms with van der Waals surface area (Å²) >= 11 is 3.47. The maximum Gasteiger partial charge on any atom is 0.161 e. The van der Waals surface area contributed by atoms with E-state index >= 15 is 0 Å². The lowest BCUT2D eigenvalue weighted by Gasteiger charge is -2.25. The Kier molecular flexibility index (Phi) is 7.24. The summed E-state index contributed by atoms with van der Waals surface area (Å²) in [5, 5.41) is 4.49. The summed E-state index contributed by atoms with van der Waals surface area (Å²) in [5.74, 6) is 1.62. The van der Waals surface area contributed by atoms with Crippen molar-refractivity contribution in [1.29, 1.82) is 0 Å². The van der Waals surface area contributed by atoms with Crippen LogP contribution in [-0.2, 0) is 0 Å². The Morgan fingerprint density at radius 1 is 1.16 bits per heavy atom. The van der Waals surface area contributed by atoms with Crippen LogP contribution < -0.4 is 14.8 Å². The number of hydrogen-bond acceptors (Lipinski definition) is 3. The predicted octanol–water partition coefficient (Wildman–Crippen LogP) is 3.62. The predicted molar refractivity (Wildman–Crippen MR) is 83.6 cm³/mol. The Morgan fingerprint density at radius 2 is 1.79 bits per heavy atom. The van der Waals surface area contributed by atoms with Gasteiger partial charge in [0.2, 0.25) is 0 Å². The minimum atomic E-state index is 0.131. The van der Waals surface area contributed by atoms with E-state index in [0.717, 1.165) is 29.8 Å². The summed E-state index contributed by atoms with van der Waals surface area (Å²) in [5.41, 5.74) is 0.131. The molecule has 0 aliphatic rings. The summed E-state index contributed by atoms with van der Waals surface area (Å²) in [6, 6.07) is 7.78. The van der Waals surface area contributed by atoms with Gasteiger partial charge in [-0.15, -0.1) is 0 Å². The minimum Gasteiger partial charge on any atom is -0.490 e. The van der Waals surface area contributed by atoms with Crippen LogP contribution >= 0.6 is 15.9 Å². The first-order chi connectivity index (χ1) is 9.09. The first kappa shape index (κ1) is 16.3. The average Bonchev–Trinajstić information content (AvgIpc) is 2.37. The zero-order valence-electron chi connectivity index (χ0n) is 12.0. The number of benzene rings is 1. The monoisotopic (exact) mass is 329 g/mol. The van der Waals surface area contributed by atoms with Gasteiger partial charge in [-0.2, -0.15) is 0 Å². The molecule has 0 saturated heterocycles. The van der Waals surface area contributed by atoms with E-state index in [1.807, 2.05) is 31.2 Å². The second-order valence-electron chi connectivity index (χ2n) is 4.98. The molecule has 0 radical (unpaired) electrons. The SMILES string of the molecule is CCOc1ccccc1OCCNC(C)(C)CCBr. The number of rotatable bonds is 9. The van der Waals surface area contributed by atoms with Crippen LogP contribution in [0.1, 0.15) is 27.2 Å². The summed E-state index contributed by atoms with van der Waals surface area (Å²) in [6.07, 6.45) is 1.09. The molecule has 1 N–H and O–H groups in total. The fourth-order valence-electron chi connectivity index (χ4n) is 1.72. The van der Waals surface area contributed by atoms with Crippen LogP contribution in [0.5, 0.6) is 11.5 Å². The molecule has 0 spiro atoms. The highest BCUT2D eigenvalue weighted by atomic mass is 79.9. The molecule has 0 heterocycles. The fraction of sp³-hybridized carbons (Fsp3) is 0.600. The van der Waals surface area contributed by atoms with Gasteiger partial charge in [0, 0.05) is 17.4 Å². The summed E-state index contributed by atoms with van der Waals surface area (Å²) in [7, 11) is 0. The Hall–Kier alpha value is -0.740. The van der Waals surface area contributed by atoms with Gasteiger partial charge in [-0.05, 0) is 39.3 Å². The molecule has 0 atom stereocenters. The zero-order chi connectivity index (χ0) is 14.1. The third-order valence-electron chi connectivity index (χ3n) is 2.83. The van der Waals surface area contributed by atoms with Crippen molar-refractivity contribution in [3.63, 3.8) is 0 Å². The van der Waals surface area contributed by atoms with E-state index in [1.54, 1.807) is 0 Å². The number of para-hydroxylation sites is 2. The third-order valence-corrected chi connectivity index (χ3v) is 3.23. The third kappa shape index (κ3) is 6.30. The molecule has 1 rings (SSSR count). The second kappa shape index (κ2) is 8.43. The Balaban J connectivity index is 2.37. The summed E-state index contributed by atoms with van der Waals surface area (Å²) in [6.45, 7) is 8.47. The topological polar surface area (TPSA) is 30.5 Å². The van der Waals surface area contributed by atoms with Gasteiger partial charge in [-0.1, -0.05) is 28.1 Å². The molecule has 0 fully saturated rings. The molecule has 0 saturated carbocycles. The van der Waals surface area contributed by atoms with Gasteiger partial charge < -0.3 is 14.8 Å². The number of nitrogens with one attached hydrogen (secondary N) is 1. The molecule has 3 nitrogen and oxygen atoms in total. The lowest BCUT2D eigenvalue weighted by molar-refractivity contribution is 0.260. The Labute approximate surface area is 124 Å². The van der Waals surface area contributed by atoms with Gasteiger partial charge in [0.15, 0.2) is 11.5 Å². The molecule has 0 amide bonds. The van der Waals surface area contributed by atoms with Gasteiger partial charge in [0.05, 0.1) is 6.61 Å². The van der Waals surface area contributed by atoms with E-state index in [0.29, 0.717) is 13.2 Å². The number of hydrogen-bond donors (Lipinski definition) is 1. The zero-order valence-corrected chi connectivity index (χ0v) is 13.6. The second-order valence-corrected chi connectivity index (χ2v) is 5.77. The van der Waals surface area contributed by atoms with Crippen LogP contribution in [0.15, 0.2) is 24.3 Å². The summed E-state index contributed by atoms with van der Waals surface area (Å²) < 4.78 is 11.3. The van der Waals surface area contributed by atoms with Crippen molar-refractivity contribution >= 4 is 15.9 Å². The van der Waals surface area contributed by atoms with Gasteiger partial charge in [-0.25, -0.2) is 0 Å². The van der Waals surface area contributed by atoms with Crippen LogP contribution in [0.4, 0.5) is 0 Å². The first-order valence-corrected chi connectivity index (χ1v) is 7.87. The largest absolute Gasteiger partial charge is 0.490 e. The number of ether oxygens (including phenoxy) is 2. The molecule has 4 heteroatoms. The maximum atomic E-state index is 5.76. The summed E-state index contributed by atoms with van der Waals surface area (Å²) in [4.78, 5) is 0. The van der Waals surface area contributed by atoms with E-state index in [4.69, 9.17) is 9.47 Å². The van der Waals surface area contributed by atoms with Gasteiger partial charge in [0.1, 0.15) is 6.61 Å².